The van der Waals surface area contributed by atoms with Crippen LogP contribution in [-0.2, 0) is 0 Å². The molecule has 1 saturated carbocycles. The molecule has 0 amide bonds. The molecule has 0 N–H and O–H groups in total. The second-order valence-corrected chi connectivity index (χ2v) is 7.72. The van der Waals surface area contributed by atoms with Crippen molar-refractivity contribution in [2.45, 2.75) is 51.3 Å². The van der Waals surface area contributed by atoms with Crippen LogP contribution < -0.4 is 0 Å². The highest BCUT2D eigenvalue weighted by molar-refractivity contribution is 7.99. The predicted octanol–water partition coefficient (Wildman–Crippen LogP) is 5.94. The van der Waals surface area contributed by atoms with E-state index in [2.05, 4.69) is 57.2 Å². The molecule has 0 atom stereocenters. The molecule has 1 fully saturated rings. The summed E-state index contributed by atoms with van der Waals surface area (Å²) in [7, 11) is 0. The van der Waals surface area contributed by atoms with E-state index in [4.69, 9.17) is 0 Å². The van der Waals surface area contributed by atoms with E-state index < -0.39 is 0 Å². The Balaban J connectivity index is 1.77. The highest BCUT2D eigenvalue weighted by atomic mass is 32.2. The minimum Gasteiger partial charge on any atom is -0.122 e. The van der Waals surface area contributed by atoms with Crippen molar-refractivity contribution in [3.8, 4) is 0 Å². The summed E-state index contributed by atoms with van der Waals surface area (Å²) in [6.07, 6.45) is 7.86. The zero-order valence-corrected chi connectivity index (χ0v) is 13.3. The van der Waals surface area contributed by atoms with Crippen molar-refractivity contribution in [2.24, 2.45) is 11.3 Å². The third kappa shape index (κ3) is 4.72. The third-order valence-electron chi connectivity index (χ3n) is 4.22. The van der Waals surface area contributed by atoms with E-state index >= 15 is 0 Å². The standard InChI is InChI=1S/C18H26S/c1-18(2,3)16-11-9-15(10-12-16)13-14-19-17-7-5-4-6-8-17/h4-8,13,16H,9-12,14H2,1-3H3. The summed E-state index contributed by atoms with van der Waals surface area (Å²) in [6.45, 7) is 7.16. The van der Waals surface area contributed by atoms with E-state index in [1.165, 1.54) is 30.6 Å². The van der Waals surface area contributed by atoms with Crippen LogP contribution in [0.3, 0.4) is 0 Å². The first-order valence-corrected chi connectivity index (χ1v) is 8.40. The van der Waals surface area contributed by atoms with Crippen LogP contribution in [0.4, 0.5) is 0 Å². The Morgan fingerprint density at radius 3 is 2.32 bits per heavy atom. The number of allylic oxidation sites excluding steroid dienone is 1. The van der Waals surface area contributed by atoms with Gasteiger partial charge >= 0.3 is 0 Å². The van der Waals surface area contributed by atoms with Gasteiger partial charge in [0.25, 0.3) is 0 Å². The lowest BCUT2D eigenvalue weighted by molar-refractivity contribution is 0.197. The molecule has 0 bridgehead atoms. The van der Waals surface area contributed by atoms with Gasteiger partial charge in [0.1, 0.15) is 0 Å². The van der Waals surface area contributed by atoms with Gasteiger partial charge in [-0.3, -0.25) is 0 Å². The van der Waals surface area contributed by atoms with Crippen molar-refractivity contribution in [2.75, 3.05) is 5.75 Å². The van der Waals surface area contributed by atoms with Gasteiger partial charge in [-0.05, 0) is 49.1 Å². The Hall–Kier alpha value is -0.690. The molecule has 0 spiro atoms. The first-order chi connectivity index (χ1) is 9.05. The Morgan fingerprint density at radius 1 is 1.11 bits per heavy atom. The molecule has 1 aromatic rings. The molecule has 0 aliphatic heterocycles. The molecule has 19 heavy (non-hydrogen) atoms. The van der Waals surface area contributed by atoms with E-state index in [0.29, 0.717) is 5.41 Å². The summed E-state index contributed by atoms with van der Waals surface area (Å²) in [4.78, 5) is 1.38. The molecule has 0 unspecified atom stereocenters. The predicted molar refractivity (Wildman–Crippen MR) is 86.7 cm³/mol. The van der Waals surface area contributed by atoms with Gasteiger partial charge in [0.15, 0.2) is 0 Å². The van der Waals surface area contributed by atoms with E-state index in [0.717, 1.165) is 11.7 Å². The van der Waals surface area contributed by atoms with Crippen molar-refractivity contribution in [3.05, 3.63) is 42.0 Å². The van der Waals surface area contributed by atoms with Crippen molar-refractivity contribution in [1.82, 2.24) is 0 Å². The van der Waals surface area contributed by atoms with E-state index in [-0.39, 0.29) is 0 Å². The van der Waals surface area contributed by atoms with E-state index in [1.54, 1.807) is 5.57 Å². The first kappa shape index (κ1) is 14.7. The van der Waals surface area contributed by atoms with Gasteiger partial charge in [-0.2, -0.15) is 0 Å². The lowest BCUT2D eigenvalue weighted by atomic mass is 9.71. The van der Waals surface area contributed by atoms with Crippen LogP contribution in [-0.4, -0.2) is 5.75 Å². The summed E-state index contributed by atoms with van der Waals surface area (Å²) in [5.74, 6) is 2.03. The van der Waals surface area contributed by atoms with Gasteiger partial charge in [0, 0.05) is 10.6 Å². The highest BCUT2D eigenvalue weighted by Crippen LogP contribution is 2.39. The highest BCUT2D eigenvalue weighted by Gasteiger charge is 2.27. The first-order valence-electron chi connectivity index (χ1n) is 7.41. The molecule has 1 aliphatic carbocycles. The average Bonchev–Trinajstić information content (AvgIpc) is 2.39. The second kappa shape index (κ2) is 6.65. The second-order valence-electron chi connectivity index (χ2n) is 6.63. The molecule has 0 heterocycles. The minimum atomic E-state index is 0.490. The maximum absolute atomic E-state index is 2.47. The maximum atomic E-state index is 2.47. The van der Waals surface area contributed by atoms with Gasteiger partial charge in [0.05, 0.1) is 0 Å². The van der Waals surface area contributed by atoms with Crippen LogP contribution in [0, 0.1) is 11.3 Å². The van der Waals surface area contributed by atoms with Gasteiger partial charge in [-0.15, -0.1) is 11.8 Å². The van der Waals surface area contributed by atoms with Crippen molar-refractivity contribution < 1.29 is 0 Å². The van der Waals surface area contributed by atoms with Crippen molar-refractivity contribution in [3.63, 3.8) is 0 Å². The SMILES string of the molecule is CC(C)(C)C1CCC(=CCSc2ccccc2)CC1. The molecular formula is C18H26S. The Morgan fingerprint density at radius 2 is 1.74 bits per heavy atom. The Labute approximate surface area is 122 Å². The Kier molecular flexibility index (Phi) is 5.15. The summed E-state index contributed by atoms with van der Waals surface area (Å²) in [6, 6.07) is 10.7. The fourth-order valence-electron chi connectivity index (χ4n) is 2.83. The van der Waals surface area contributed by atoms with Gasteiger partial charge in [-0.1, -0.05) is 50.6 Å². The lowest BCUT2D eigenvalue weighted by Gasteiger charge is -2.34. The summed E-state index contributed by atoms with van der Waals surface area (Å²) < 4.78 is 0. The third-order valence-corrected chi connectivity index (χ3v) is 5.16. The fourth-order valence-corrected chi connectivity index (χ4v) is 3.69. The van der Waals surface area contributed by atoms with Crippen molar-refractivity contribution in [1.29, 1.82) is 0 Å². The van der Waals surface area contributed by atoms with Crippen LogP contribution >= 0.6 is 11.8 Å². The maximum Gasteiger partial charge on any atom is 0.0163 e. The zero-order valence-electron chi connectivity index (χ0n) is 12.5. The molecular weight excluding hydrogens is 248 g/mol. The van der Waals surface area contributed by atoms with Crippen LogP contribution in [0.1, 0.15) is 46.5 Å². The fraction of sp³-hybridized carbons (Fsp3) is 0.556. The average molecular weight is 274 g/mol. The van der Waals surface area contributed by atoms with Crippen LogP contribution in [0.5, 0.6) is 0 Å². The molecule has 2 rings (SSSR count). The molecule has 1 aromatic carbocycles. The number of thioether (sulfide) groups is 1. The van der Waals surface area contributed by atoms with Gasteiger partial charge < -0.3 is 0 Å². The Bertz CT molecular complexity index is 401. The number of rotatable bonds is 3. The lowest BCUT2D eigenvalue weighted by Crippen LogP contribution is -2.23. The van der Waals surface area contributed by atoms with Crippen LogP contribution in [0.25, 0.3) is 0 Å². The number of hydrogen-bond acceptors (Lipinski definition) is 1. The monoisotopic (exact) mass is 274 g/mol. The normalized spacial score (nSPS) is 20.4. The summed E-state index contributed by atoms with van der Waals surface area (Å²) in [5, 5.41) is 0. The van der Waals surface area contributed by atoms with E-state index in [9.17, 15) is 0 Å². The molecule has 0 aromatic heterocycles. The number of benzene rings is 1. The summed E-state index contributed by atoms with van der Waals surface area (Å²) >= 11 is 1.94. The van der Waals surface area contributed by atoms with E-state index in [1.807, 2.05) is 11.8 Å². The van der Waals surface area contributed by atoms with Crippen molar-refractivity contribution >= 4 is 11.8 Å². The molecule has 104 valence electrons. The molecule has 0 saturated heterocycles. The van der Waals surface area contributed by atoms with Crippen LogP contribution in [0.15, 0.2) is 46.9 Å². The topological polar surface area (TPSA) is 0 Å². The minimum absolute atomic E-state index is 0.490. The molecule has 1 heteroatoms. The largest absolute Gasteiger partial charge is 0.122 e. The molecule has 1 aliphatic rings. The van der Waals surface area contributed by atoms with Gasteiger partial charge in [0.2, 0.25) is 0 Å². The van der Waals surface area contributed by atoms with Crippen LogP contribution in [0.2, 0.25) is 0 Å². The molecule has 0 nitrogen and oxygen atoms in total. The molecule has 0 radical (unpaired) electrons. The summed E-state index contributed by atoms with van der Waals surface area (Å²) in [5.41, 5.74) is 2.17. The smallest absolute Gasteiger partial charge is 0.0163 e. The quantitative estimate of drug-likeness (QED) is 0.485. The number of hydrogen-bond donors (Lipinski definition) is 0. The zero-order chi connectivity index (χ0) is 13.7. The van der Waals surface area contributed by atoms with Gasteiger partial charge in [-0.25, -0.2) is 0 Å².